The maximum atomic E-state index is 14.1. The first kappa shape index (κ1) is 44.9. The summed E-state index contributed by atoms with van der Waals surface area (Å²) in [6, 6.07) is 14.9. The zero-order chi connectivity index (χ0) is 45.6. The number of Topliss-reactive ketones (excluding diaryl/α,β-unsaturated/α-hetero) is 1. The molecule has 340 valence electrons. The number of likely N-dealkylation sites (N-methyl/N-ethyl adjacent to an activating group) is 1. The number of aryl methyl sites for hydroxylation is 3. The average molecular weight is 893 g/mol. The highest BCUT2D eigenvalue weighted by Crippen LogP contribution is 2.34. The molecule has 0 spiro atoms. The minimum atomic E-state index is -2.98. The molecule has 0 radical (unpaired) electrons. The number of fused-ring (bicyclic) bond motifs is 1. The van der Waals surface area contributed by atoms with Gasteiger partial charge in [-0.25, -0.2) is 23.2 Å². The number of imide groups is 1. The maximum Gasteiger partial charge on any atom is 0.329 e. The van der Waals surface area contributed by atoms with Gasteiger partial charge in [-0.1, -0.05) is 25.0 Å². The summed E-state index contributed by atoms with van der Waals surface area (Å²) < 4.78 is 49.4. The Bertz CT molecular complexity index is 2750. The molecule has 5 heterocycles. The van der Waals surface area contributed by atoms with Crippen LogP contribution in [0.25, 0.3) is 28.2 Å². The fourth-order valence-electron chi connectivity index (χ4n) is 8.11. The Morgan fingerprint density at radius 2 is 1.71 bits per heavy atom. The molecule has 65 heavy (non-hydrogen) atoms. The van der Waals surface area contributed by atoms with E-state index >= 15 is 0 Å². The van der Waals surface area contributed by atoms with Crippen LogP contribution in [-0.4, -0.2) is 90.8 Å². The van der Waals surface area contributed by atoms with E-state index < -0.39 is 24.1 Å². The van der Waals surface area contributed by atoms with Crippen LogP contribution in [0.5, 0.6) is 0 Å². The molecule has 4 aromatic heterocycles. The van der Waals surface area contributed by atoms with E-state index in [1.807, 2.05) is 24.3 Å². The van der Waals surface area contributed by atoms with Crippen LogP contribution >= 0.6 is 0 Å². The molecule has 1 atom stereocenters. The van der Waals surface area contributed by atoms with Crippen LogP contribution in [0, 0.1) is 5.92 Å². The summed E-state index contributed by atoms with van der Waals surface area (Å²) in [5.74, 6) is -0.507. The number of anilines is 1. The van der Waals surface area contributed by atoms with E-state index in [0.717, 1.165) is 40.4 Å². The Morgan fingerprint density at radius 3 is 2.46 bits per heavy atom. The Kier molecular flexibility index (Phi) is 13.8. The van der Waals surface area contributed by atoms with Gasteiger partial charge >= 0.3 is 5.69 Å². The van der Waals surface area contributed by atoms with Gasteiger partial charge in [-0.2, -0.15) is 5.10 Å². The molecule has 1 saturated carbocycles. The lowest BCUT2D eigenvalue weighted by atomic mass is 10.0. The first-order valence-electron chi connectivity index (χ1n) is 21.8. The van der Waals surface area contributed by atoms with Gasteiger partial charge < -0.3 is 19.2 Å². The number of ketones is 1. The lowest BCUT2D eigenvalue weighted by molar-refractivity contribution is -0.149. The Balaban J connectivity index is 0.754. The fourth-order valence-corrected chi connectivity index (χ4v) is 8.11. The number of amides is 3. The second-order valence-electron chi connectivity index (χ2n) is 16.4. The van der Waals surface area contributed by atoms with Crippen molar-refractivity contribution in [2.75, 3.05) is 38.8 Å². The number of hydrogen-bond donors (Lipinski definition) is 1. The van der Waals surface area contributed by atoms with Gasteiger partial charge in [-0.15, -0.1) is 0 Å². The van der Waals surface area contributed by atoms with E-state index in [-0.39, 0.29) is 59.8 Å². The van der Waals surface area contributed by atoms with Crippen molar-refractivity contribution in [3.8, 4) is 17.1 Å². The number of rotatable bonds is 21. The van der Waals surface area contributed by atoms with E-state index in [1.165, 1.54) is 41.6 Å². The average Bonchev–Trinajstić information content (AvgIpc) is 3.71. The predicted octanol–water partition coefficient (Wildman–Crippen LogP) is 7.06. The summed E-state index contributed by atoms with van der Waals surface area (Å²) in [5.41, 5.74) is 3.59. The van der Waals surface area contributed by atoms with Gasteiger partial charge in [0.15, 0.2) is 17.2 Å². The molecule has 2 aliphatic rings. The monoisotopic (exact) mass is 892 g/mol. The highest BCUT2D eigenvalue weighted by molar-refractivity contribution is 6.03. The van der Waals surface area contributed by atoms with Crippen molar-refractivity contribution >= 4 is 40.2 Å². The topological polar surface area (TPSA) is 186 Å². The number of piperidine rings is 1. The fraction of sp³-hybridized carbons (Fsp3) is 0.404. The summed E-state index contributed by atoms with van der Waals surface area (Å²) >= 11 is 0. The number of hydrogen-bond acceptors (Lipinski definition) is 11. The normalized spacial score (nSPS) is 15.4. The molecule has 1 aliphatic heterocycles. The largest absolute Gasteiger partial charge is 0.444 e. The summed E-state index contributed by atoms with van der Waals surface area (Å²) in [6.45, 7) is 1.53. The van der Waals surface area contributed by atoms with E-state index in [2.05, 4.69) is 20.4 Å². The quantitative estimate of drug-likeness (QED) is 0.0443. The second-order valence-corrected chi connectivity index (χ2v) is 16.4. The number of likely N-dealkylation sites (tertiary alicyclic amines) is 1. The molecule has 3 amide bonds. The van der Waals surface area contributed by atoms with E-state index in [4.69, 9.17) is 13.9 Å². The summed E-state index contributed by atoms with van der Waals surface area (Å²) in [7, 11) is 3.14. The van der Waals surface area contributed by atoms with Crippen molar-refractivity contribution < 1.29 is 41.8 Å². The van der Waals surface area contributed by atoms with Crippen LogP contribution < -0.4 is 11.0 Å². The van der Waals surface area contributed by atoms with Crippen LogP contribution in [0.1, 0.15) is 102 Å². The van der Waals surface area contributed by atoms with E-state index in [9.17, 15) is 32.8 Å². The molecule has 6 aromatic rings. The Hall–Kier alpha value is -6.66. The second kappa shape index (κ2) is 20.0. The molecule has 18 heteroatoms. The zero-order valence-electron chi connectivity index (χ0n) is 36.2. The highest BCUT2D eigenvalue weighted by atomic mass is 19.3. The molecule has 2 fully saturated rings. The van der Waals surface area contributed by atoms with Gasteiger partial charge in [-0.05, 0) is 92.5 Å². The highest BCUT2D eigenvalue weighted by Gasteiger charge is 2.35. The molecular formula is C47H50F2N8O8. The molecule has 0 bridgehead atoms. The molecule has 1 saturated heterocycles. The Morgan fingerprint density at radius 1 is 0.938 bits per heavy atom. The lowest BCUT2D eigenvalue weighted by Crippen LogP contribution is -2.45. The number of nitrogens with zero attached hydrogens (tertiary/aromatic N) is 7. The van der Waals surface area contributed by atoms with Gasteiger partial charge in [0, 0.05) is 63.2 Å². The number of para-hydroxylation sites is 1. The van der Waals surface area contributed by atoms with Crippen molar-refractivity contribution in [2.24, 2.45) is 13.0 Å². The Labute approximate surface area is 372 Å². The minimum absolute atomic E-state index is 0.0854. The molecule has 1 N–H and O–H groups in total. The maximum absolute atomic E-state index is 14.1. The number of imidazole rings is 1. The number of halogens is 2. The third-order valence-electron chi connectivity index (χ3n) is 11.9. The number of nitrogens with one attached hydrogen (secondary N) is 1. The van der Waals surface area contributed by atoms with Crippen LogP contribution in [0.2, 0.25) is 0 Å². The molecule has 2 aromatic carbocycles. The third kappa shape index (κ3) is 10.3. The van der Waals surface area contributed by atoms with Crippen LogP contribution in [0.4, 0.5) is 14.5 Å². The number of carbonyl (C=O) groups is 4. The third-order valence-corrected chi connectivity index (χ3v) is 11.9. The predicted molar refractivity (Wildman–Crippen MR) is 234 cm³/mol. The van der Waals surface area contributed by atoms with Crippen molar-refractivity contribution in [2.45, 2.75) is 76.7 Å². The molecule has 1 aliphatic carbocycles. The number of alkyl halides is 2. The SMILES string of the molecule is CN1C(=O)CCC(n2c(=O)n(C)c3c(CCCOCCOCCCC(=O)c4ccc(-n5cc(NC(=O)c6coc(-c7ccnc(CCC8CC8)c7)n6)c(C(F)F)n5)cc4)cccc32)C1=O. The van der Waals surface area contributed by atoms with Crippen molar-refractivity contribution in [1.82, 2.24) is 33.8 Å². The first-order valence-corrected chi connectivity index (χ1v) is 21.8. The number of pyridine rings is 1. The molecular weight excluding hydrogens is 843 g/mol. The van der Waals surface area contributed by atoms with Crippen molar-refractivity contribution in [3.63, 3.8) is 0 Å². The van der Waals surface area contributed by atoms with Gasteiger partial charge in [0.1, 0.15) is 12.3 Å². The number of oxazole rings is 1. The van der Waals surface area contributed by atoms with Gasteiger partial charge in [0.25, 0.3) is 18.2 Å². The van der Waals surface area contributed by atoms with Crippen LogP contribution in [-0.2, 0) is 39.0 Å². The smallest absolute Gasteiger partial charge is 0.329 e. The van der Waals surface area contributed by atoms with E-state index in [0.29, 0.717) is 68.0 Å². The van der Waals surface area contributed by atoms with Crippen molar-refractivity contribution in [3.05, 3.63) is 112 Å². The van der Waals surface area contributed by atoms with Crippen LogP contribution in [0.3, 0.4) is 0 Å². The lowest BCUT2D eigenvalue weighted by Gasteiger charge is -2.28. The van der Waals surface area contributed by atoms with Gasteiger partial charge in [-0.3, -0.25) is 38.2 Å². The minimum Gasteiger partial charge on any atom is -0.444 e. The number of benzene rings is 2. The van der Waals surface area contributed by atoms with E-state index in [1.54, 1.807) is 48.1 Å². The molecule has 1 unspecified atom stereocenters. The van der Waals surface area contributed by atoms with Gasteiger partial charge in [0.05, 0.1) is 41.8 Å². The summed E-state index contributed by atoms with van der Waals surface area (Å²) in [5, 5.41) is 6.49. The number of aromatic nitrogens is 6. The van der Waals surface area contributed by atoms with Gasteiger partial charge in [0.2, 0.25) is 11.8 Å². The zero-order valence-corrected chi connectivity index (χ0v) is 36.2. The standard InChI is InChI=1S/C47H50F2N8O8/c1-54-40(59)19-18-38(46(54)61)57-37-8-3-6-31(42(37)55(2)47(57)62)7-4-22-63-24-25-64-23-5-9-39(58)30-13-16-34(17-14-30)56-27-35(41(53-56)43(48)49)51-44(60)36-28-65-45(52-36)32-20-21-50-33(26-32)15-12-29-10-11-29/h3,6,8,13-14,16-17,20-21,26-29,38,43H,4-5,7,9-12,15,18-19,22-25H2,1-2H3,(H,51,60). The molecule has 16 nitrogen and oxygen atoms in total. The van der Waals surface area contributed by atoms with Crippen molar-refractivity contribution in [1.29, 1.82) is 0 Å². The van der Waals surface area contributed by atoms with Crippen LogP contribution in [0.15, 0.2) is 82.5 Å². The molecule has 8 rings (SSSR count). The number of carbonyl (C=O) groups excluding carboxylic acids is 4. The number of ether oxygens (including phenoxy) is 2. The summed E-state index contributed by atoms with van der Waals surface area (Å²) in [6.07, 6.45) is 8.10. The summed E-state index contributed by atoms with van der Waals surface area (Å²) in [4.78, 5) is 74.0. The first-order chi connectivity index (χ1) is 31.5.